The summed E-state index contributed by atoms with van der Waals surface area (Å²) in [6.45, 7) is 10.2. The number of pyridine rings is 1. The normalized spacial score (nSPS) is 19.3. The highest BCUT2D eigenvalue weighted by molar-refractivity contribution is 5.61. The number of nitrogens with zero attached hydrogens (tertiary/aromatic N) is 5. The Kier molecular flexibility index (Phi) is 5.16. The summed E-state index contributed by atoms with van der Waals surface area (Å²) in [4.78, 5) is 19.2. The van der Waals surface area contributed by atoms with Gasteiger partial charge in [-0.1, -0.05) is 13.8 Å². The van der Waals surface area contributed by atoms with Crippen molar-refractivity contribution in [3.05, 3.63) is 35.8 Å². The summed E-state index contributed by atoms with van der Waals surface area (Å²) in [6, 6.07) is 4.02. The van der Waals surface area contributed by atoms with Gasteiger partial charge >= 0.3 is 0 Å². The van der Waals surface area contributed by atoms with Crippen molar-refractivity contribution in [1.29, 1.82) is 0 Å². The molecule has 2 aliphatic rings. The second kappa shape index (κ2) is 7.70. The largest absolute Gasteiger partial charge is 0.356 e. The molecule has 4 rings (SSSR count). The van der Waals surface area contributed by atoms with Crippen LogP contribution in [0, 0.1) is 5.92 Å². The second-order valence-electron chi connectivity index (χ2n) is 7.48. The molecular weight excluding hydrogens is 322 g/mol. The Bertz CT molecular complexity index is 742. The Hall–Kier alpha value is -2.01. The predicted molar refractivity (Wildman–Crippen MR) is 105 cm³/mol. The molecule has 1 unspecified atom stereocenters. The lowest BCUT2D eigenvalue weighted by atomic mass is 10.1. The van der Waals surface area contributed by atoms with Gasteiger partial charge in [0.05, 0.1) is 0 Å². The van der Waals surface area contributed by atoms with E-state index in [1.54, 1.807) is 6.20 Å². The van der Waals surface area contributed by atoms with Crippen LogP contribution in [0.25, 0.3) is 11.4 Å². The Morgan fingerprint density at radius 2 is 2.08 bits per heavy atom. The van der Waals surface area contributed by atoms with Crippen LogP contribution in [0.2, 0.25) is 0 Å². The van der Waals surface area contributed by atoms with Crippen LogP contribution in [-0.2, 0) is 12.8 Å². The molecule has 3 heterocycles. The van der Waals surface area contributed by atoms with Crippen molar-refractivity contribution in [1.82, 2.24) is 19.9 Å². The number of fused-ring (bicyclic) bond motifs is 1. The zero-order valence-electron chi connectivity index (χ0n) is 16.0. The number of anilines is 1. The Labute approximate surface area is 156 Å². The van der Waals surface area contributed by atoms with Crippen LogP contribution in [0.1, 0.15) is 37.9 Å². The minimum absolute atomic E-state index is 0.740. The van der Waals surface area contributed by atoms with Crippen molar-refractivity contribution in [2.24, 2.45) is 5.92 Å². The summed E-state index contributed by atoms with van der Waals surface area (Å²) in [7, 11) is 0. The summed E-state index contributed by atoms with van der Waals surface area (Å²) in [5.74, 6) is 2.76. The van der Waals surface area contributed by atoms with Crippen molar-refractivity contribution in [2.75, 3.05) is 37.6 Å². The quantitative estimate of drug-likeness (QED) is 0.800. The molecule has 1 saturated heterocycles. The smallest absolute Gasteiger partial charge is 0.163 e. The van der Waals surface area contributed by atoms with Gasteiger partial charge in [0.2, 0.25) is 0 Å². The lowest BCUT2D eigenvalue weighted by Gasteiger charge is -2.24. The highest BCUT2D eigenvalue weighted by atomic mass is 15.2. The molecule has 1 aliphatic carbocycles. The summed E-state index contributed by atoms with van der Waals surface area (Å²) < 4.78 is 0. The zero-order valence-corrected chi connectivity index (χ0v) is 16.0. The fourth-order valence-electron chi connectivity index (χ4n) is 4.32. The first kappa shape index (κ1) is 17.4. The summed E-state index contributed by atoms with van der Waals surface area (Å²) in [5, 5.41) is 0. The van der Waals surface area contributed by atoms with Crippen molar-refractivity contribution in [3.8, 4) is 11.4 Å². The molecule has 0 saturated carbocycles. The lowest BCUT2D eigenvalue weighted by molar-refractivity contribution is 0.261. The van der Waals surface area contributed by atoms with Gasteiger partial charge in [0, 0.05) is 48.8 Å². The molecular formula is C21H29N5. The third-order valence-corrected chi connectivity index (χ3v) is 5.83. The maximum atomic E-state index is 5.01. The van der Waals surface area contributed by atoms with Gasteiger partial charge in [0.25, 0.3) is 0 Å². The average Bonchev–Trinajstić information content (AvgIpc) is 3.35. The molecule has 5 nitrogen and oxygen atoms in total. The van der Waals surface area contributed by atoms with Crippen molar-refractivity contribution < 1.29 is 0 Å². The Balaban J connectivity index is 1.59. The molecule has 2 aromatic heterocycles. The number of aryl methyl sites for hydroxylation is 1. The first-order valence-corrected chi connectivity index (χ1v) is 10.1. The van der Waals surface area contributed by atoms with Crippen LogP contribution < -0.4 is 4.90 Å². The lowest BCUT2D eigenvalue weighted by Crippen LogP contribution is -2.31. The van der Waals surface area contributed by atoms with Gasteiger partial charge in [-0.2, -0.15) is 0 Å². The zero-order chi connectivity index (χ0) is 17.9. The van der Waals surface area contributed by atoms with Gasteiger partial charge in [-0.05, 0) is 56.8 Å². The number of hydrogen-bond donors (Lipinski definition) is 0. The minimum Gasteiger partial charge on any atom is -0.356 e. The van der Waals surface area contributed by atoms with Crippen molar-refractivity contribution >= 4 is 5.82 Å². The van der Waals surface area contributed by atoms with Gasteiger partial charge in [-0.3, -0.25) is 4.98 Å². The van der Waals surface area contributed by atoms with E-state index in [-0.39, 0.29) is 0 Å². The molecule has 0 radical (unpaired) electrons. The minimum atomic E-state index is 0.740. The number of rotatable bonds is 6. The van der Waals surface area contributed by atoms with Crippen molar-refractivity contribution in [3.63, 3.8) is 0 Å². The van der Waals surface area contributed by atoms with E-state index in [2.05, 4.69) is 34.7 Å². The van der Waals surface area contributed by atoms with E-state index in [0.29, 0.717) is 0 Å². The van der Waals surface area contributed by atoms with Gasteiger partial charge < -0.3 is 9.80 Å². The Morgan fingerprint density at radius 3 is 2.85 bits per heavy atom. The van der Waals surface area contributed by atoms with Gasteiger partial charge in [0.1, 0.15) is 5.82 Å². The molecule has 1 aliphatic heterocycles. The molecule has 138 valence electrons. The summed E-state index contributed by atoms with van der Waals surface area (Å²) >= 11 is 0. The van der Waals surface area contributed by atoms with Gasteiger partial charge in [0.15, 0.2) is 5.82 Å². The van der Waals surface area contributed by atoms with E-state index in [1.807, 2.05) is 12.3 Å². The molecule has 0 bridgehead atoms. The van der Waals surface area contributed by atoms with E-state index < -0.39 is 0 Å². The van der Waals surface area contributed by atoms with E-state index >= 15 is 0 Å². The maximum Gasteiger partial charge on any atom is 0.163 e. The van der Waals surface area contributed by atoms with Gasteiger partial charge in [-0.25, -0.2) is 9.97 Å². The third-order valence-electron chi connectivity index (χ3n) is 5.83. The summed E-state index contributed by atoms with van der Waals surface area (Å²) in [6.07, 6.45) is 8.33. The van der Waals surface area contributed by atoms with E-state index in [1.165, 1.54) is 36.5 Å². The molecule has 26 heavy (non-hydrogen) atoms. The van der Waals surface area contributed by atoms with Gasteiger partial charge in [-0.15, -0.1) is 0 Å². The Morgan fingerprint density at radius 1 is 1.19 bits per heavy atom. The van der Waals surface area contributed by atoms with E-state index in [9.17, 15) is 0 Å². The molecule has 5 heteroatoms. The van der Waals surface area contributed by atoms with Crippen LogP contribution in [0.15, 0.2) is 24.5 Å². The van der Waals surface area contributed by atoms with Crippen LogP contribution in [0.5, 0.6) is 0 Å². The van der Waals surface area contributed by atoms with Crippen LogP contribution >= 0.6 is 0 Å². The average molecular weight is 351 g/mol. The highest BCUT2D eigenvalue weighted by Crippen LogP contribution is 2.34. The highest BCUT2D eigenvalue weighted by Gasteiger charge is 2.29. The topological polar surface area (TPSA) is 45.2 Å². The third kappa shape index (κ3) is 3.45. The van der Waals surface area contributed by atoms with Crippen LogP contribution in [-0.4, -0.2) is 52.6 Å². The number of aromatic nitrogens is 3. The number of hydrogen-bond acceptors (Lipinski definition) is 5. The first-order valence-electron chi connectivity index (χ1n) is 10.1. The molecule has 1 fully saturated rings. The maximum absolute atomic E-state index is 5.01. The molecule has 0 N–H and O–H groups in total. The van der Waals surface area contributed by atoms with Crippen LogP contribution in [0.3, 0.4) is 0 Å². The fourth-order valence-corrected chi connectivity index (χ4v) is 4.32. The predicted octanol–water partition coefficient (Wildman–Crippen LogP) is 3.20. The first-order chi connectivity index (χ1) is 12.8. The molecule has 0 amide bonds. The van der Waals surface area contributed by atoms with E-state index in [4.69, 9.17) is 9.97 Å². The molecule has 1 atom stereocenters. The van der Waals surface area contributed by atoms with Crippen molar-refractivity contribution in [2.45, 2.75) is 39.5 Å². The van der Waals surface area contributed by atoms with E-state index in [0.717, 1.165) is 56.3 Å². The molecule has 2 aromatic rings. The standard InChI is InChI=1S/C21H29N5/c1-3-25(4-2)14-16-10-12-26(15-16)21-18-8-5-9-19(18)23-20(24-21)17-7-6-11-22-13-17/h6-7,11,13,16H,3-5,8-10,12,14-15H2,1-2H3. The molecule has 0 spiro atoms. The SMILES string of the molecule is CCN(CC)CC1CCN(c2nc(-c3cccnc3)nc3c2CCC3)C1. The fraction of sp³-hybridized carbons (Fsp3) is 0.571. The van der Waals surface area contributed by atoms with Crippen LogP contribution in [0.4, 0.5) is 5.82 Å². The molecule has 0 aromatic carbocycles. The summed E-state index contributed by atoms with van der Waals surface area (Å²) in [5.41, 5.74) is 3.66. The monoisotopic (exact) mass is 351 g/mol. The second-order valence-corrected chi connectivity index (χ2v) is 7.48.